The Morgan fingerprint density at radius 2 is 1.52 bits per heavy atom. The van der Waals surface area contributed by atoms with Crippen LogP contribution in [0.25, 0.3) is 0 Å². The smallest absolute Gasteiger partial charge is 0.128 e. The van der Waals surface area contributed by atoms with Crippen LogP contribution in [0.5, 0.6) is 0 Å². The van der Waals surface area contributed by atoms with E-state index in [-0.39, 0.29) is 0 Å². The first kappa shape index (κ1) is 13.9. The Kier molecular flexibility index (Phi) is 4.09. The highest BCUT2D eigenvalue weighted by Crippen LogP contribution is 2.22. The maximum Gasteiger partial charge on any atom is 0.128 e. The van der Waals surface area contributed by atoms with Crippen LogP contribution < -0.4 is 9.80 Å². The third-order valence-corrected chi connectivity index (χ3v) is 4.18. The molecule has 2 heterocycles. The zero-order chi connectivity index (χ0) is 14.7. The normalized spacial score (nSPS) is 15.6. The fourth-order valence-corrected chi connectivity index (χ4v) is 2.80. The second-order valence-electron chi connectivity index (χ2n) is 5.91. The molecule has 3 heteroatoms. The van der Waals surface area contributed by atoms with E-state index >= 15 is 0 Å². The lowest BCUT2D eigenvalue weighted by molar-refractivity contribution is 0.647. The molecule has 1 aliphatic heterocycles. The van der Waals surface area contributed by atoms with Gasteiger partial charge in [-0.25, -0.2) is 4.98 Å². The molecule has 1 aromatic carbocycles. The molecule has 21 heavy (non-hydrogen) atoms. The Labute approximate surface area is 127 Å². The summed E-state index contributed by atoms with van der Waals surface area (Å²) in [5, 5.41) is 0. The number of hydrogen-bond acceptors (Lipinski definition) is 3. The molecule has 0 aliphatic carbocycles. The van der Waals surface area contributed by atoms with E-state index in [1.54, 1.807) is 0 Å². The van der Waals surface area contributed by atoms with Crippen molar-refractivity contribution in [2.24, 2.45) is 0 Å². The second kappa shape index (κ2) is 6.17. The van der Waals surface area contributed by atoms with Crippen LogP contribution in [0.15, 0.2) is 48.7 Å². The Morgan fingerprint density at radius 3 is 2.10 bits per heavy atom. The van der Waals surface area contributed by atoms with Gasteiger partial charge in [0.1, 0.15) is 5.82 Å². The van der Waals surface area contributed by atoms with Gasteiger partial charge in [-0.3, -0.25) is 0 Å². The summed E-state index contributed by atoms with van der Waals surface area (Å²) in [7, 11) is 0. The average molecular weight is 281 g/mol. The molecular formula is C18H23N3. The van der Waals surface area contributed by atoms with Crippen LogP contribution in [0.3, 0.4) is 0 Å². The predicted octanol–water partition coefficient (Wildman–Crippen LogP) is 3.53. The maximum atomic E-state index is 4.44. The molecule has 2 aromatic rings. The maximum absolute atomic E-state index is 4.44. The second-order valence-corrected chi connectivity index (χ2v) is 5.91. The van der Waals surface area contributed by atoms with Crippen molar-refractivity contribution in [2.75, 3.05) is 36.0 Å². The SMILES string of the molecule is CC(C)c1ccc(N2CCN(c3ccccn3)CC2)cc1. The van der Waals surface area contributed by atoms with Crippen LogP contribution in [0.2, 0.25) is 0 Å². The molecule has 0 amide bonds. The number of aromatic nitrogens is 1. The molecule has 110 valence electrons. The molecule has 1 saturated heterocycles. The first-order chi connectivity index (χ1) is 10.2. The van der Waals surface area contributed by atoms with Gasteiger partial charge < -0.3 is 9.80 Å². The molecule has 0 spiro atoms. The van der Waals surface area contributed by atoms with Gasteiger partial charge in [-0.1, -0.05) is 32.0 Å². The van der Waals surface area contributed by atoms with Crippen LogP contribution >= 0.6 is 0 Å². The lowest BCUT2D eigenvalue weighted by Gasteiger charge is -2.36. The van der Waals surface area contributed by atoms with Crippen LogP contribution in [-0.4, -0.2) is 31.2 Å². The number of nitrogens with zero attached hydrogens (tertiary/aromatic N) is 3. The van der Waals surface area contributed by atoms with Crippen LogP contribution in [0.1, 0.15) is 25.3 Å². The number of hydrogen-bond donors (Lipinski definition) is 0. The molecule has 0 saturated carbocycles. The molecule has 0 bridgehead atoms. The summed E-state index contributed by atoms with van der Waals surface area (Å²) >= 11 is 0. The van der Waals surface area contributed by atoms with Gasteiger partial charge in [0.2, 0.25) is 0 Å². The van der Waals surface area contributed by atoms with Gasteiger partial charge in [0.05, 0.1) is 0 Å². The monoisotopic (exact) mass is 281 g/mol. The zero-order valence-corrected chi connectivity index (χ0v) is 12.9. The van der Waals surface area contributed by atoms with Crippen LogP contribution in [0.4, 0.5) is 11.5 Å². The van der Waals surface area contributed by atoms with E-state index < -0.39 is 0 Å². The molecule has 0 radical (unpaired) electrons. The molecule has 1 aromatic heterocycles. The standard InChI is InChI=1S/C18H23N3/c1-15(2)16-6-8-17(9-7-16)20-11-13-21(14-12-20)18-5-3-4-10-19-18/h3-10,15H,11-14H2,1-2H3. The Hall–Kier alpha value is -2.03. The molecule has 3 rings (SSSR count). The van der Waals surface area contributed by atoms with Crippen molar-refractivity contribution in [1.82, 2.24) is 4.98 Å². The molecule has 0 atom stereocenters. The molecule has 1 fully saturated rings. The van der Waals surface area contributed by atoms with Crippen LogP contribution in [-0.2, 0) is 0 Å². The molecule has 3 nitrogen and oxygen atoms in total. The topological polar surface area (TPSA) is 19.4 Å². The number of pyridine rings is 1. The number of piperazine rings is 1. The summed E-state index contributed by atoms with van der Waals surface area (Å²) in [5.74, 6) is 1.69. The summed E-state index contributed by atoms with van der Waals surface area (Å²) in [5.41, 5.74) is 2.74. The minimum atomic E-state index is 0.597. The quantitative estimate of drug-likeness (QED) is 0.858. The first-order valence-electron chi connectivity index (χ1n) is 7.75. The summed E-state index contributed by atoms with van der Waals surface area (Å²) in [6, 6.07) is 15.1. The number of benzene rings is 1. The molecular weight excluding hydrogens is 258 g/mol. The van der Waals surface area contributed by atoms with Crippen molar-refractivity contribution in [1.29, 1.82) is 0 Å². The van der Waals surface area contributed by atoms with E-state index in [2.05, 4.69) is 65.0 Å². The summed E-state index contributed by atoms with van der Waals surface area (Å²) in [6.45, 7) is 8.64. The fourth-order valence-electron chi connectivity index (χ4n) is 2.80. The van der Waals surface area contributed by atoms with Crippen molar-refractivity contribution >= 4 is 11.5 Å². The Morgan fingerprint density at radius 1 is 0.857 bits per heavy atom. The van der Waals surface area contributed by atoms with Gasteiger partial charge in [-0.2, -0.15) is 0 Å². The molecule has 0 unspecified atom stereocenters. The zero-order valence-electron chi connectivity index (χ0n) is 12.9. The largest absolute Gasteiger partial charge is 0.368 e. The highest BCUT2D eigenvalue weighted by molar-refractivity contribution is 5.50. The van der Waals surface area contributed by atoms with E-state index in [0.29, 0.717) is 5.92 Å². The van der Waals surface area contributed by atoms with E-state index in [9.17, 15) is 0 Å². The van der Waals surface area contributed by atoms with E-state index in [0.717, 1.165) is 32.0 Å². The van der Waals surface area contributed by atoms with Crippen molar-refractivity contribution in [2.45, 2.75) is 19.8 Å². The summed E-state index contributed by atoms with van der Waals surface area (Å²) in [4.78, 5) is 9.26. The highest BCUT2D eigenvalue weighted by Gasteiger charge is 2.18. The van der Waals surface area contributed by atoms with Crippen molar-refractivity contribution in [3.05, 3.63) is 54.2 Å². The van der Waals surface area contributed by atoms with Gasteiger partial charge in [0.15, 0.2) is 0 Å². The third kappa shape index (κ3) is 3.18. The van der Waals surface area contributed by atoms with Gasteiger partial charge in [0.25, 0.3) is 0 Å². The minimum absolute atomic E-state index is 0.597. The Balaban J connectivity index is 1.63. The Bertz CT molecular complexity index is 555. The predicted molar refractivity (Wildman–Crippen MR) is 89.2 cm³/mol. The fraction of sp³-hybridized carbons (Fsp3) is 0.389. The number of anilines is 2. The van der Waals surface area contributed by atoms with Gasteiger partial charge in [-0.05, 0) is 35.7 Å². The van der Waals surface area contributed by atoms with E-state index in [4.69, 9.17) is 0 Å². The lowest BCUT2D eigenvalue weighted by atomic mass is 10.0. The highest BCUT2D eigenvalue weighted by atomic mass is 15.3. The average Bonchev–Trinajstić information content (AvgIpc) is 2.56. The van der Waals surface area contributed by atoms with Crippen molar-refractivity contribution in [3.8, 4) is 0 Å². The van der Waals surface area contributed by atoms with Gasteiger partial charge in [-0.15, -0.1) is 0 Å². The molecule has 0 N–H and O–H groups in total. The van der Waals surface area contributed by atoms with Gasteiger partial charge >= 0.3 is 0 Å². The van der Waals surface area contributed by atoms with Crippen LogP contribution in [0, 0.1) is 0 Å². The first-order valence-corrected chi connectivity index (χ1v) is 7.75. The van der Waals surface area contributed by atoms with E-state index in [1.165, 1.54) is 11.3 Å². The lowest BCUT2D eigenvalue weighted by Crippen LogP contribution is -2.46. The summed E-state index contributed by atoms with van der Waals surface area (Å²) < 4.78 is 0. The third-order valence-electron chi connectivity index (χ3n) is 4.18. The molecule has 1 aliphatic rings. The van der Waals surface area contributed by atoms with Crippen molar-refractivity contribution in [3.63, 3.8) is 0 Å². The van der Waals surface area contributed by atoms with E-state index in [1.807, 2.05) is 12.3 Å². The summed E-state index contributed by atoms with van der Waals surface area (Å²) in [6.07, 6.45) is 1.87. The minimum Gasteiger partial charge on any atom is -0.368 e. The van der Waals surface area contributed by atoms with Crippen molar-refractivity contribution < 1.29 is 0 Å². The number of rotatable bonds is 3. The van der Waals surface area contributed by atoms with Gasteiger partial charge in [0, 0.05) is 38.1 Å².